The molecule has 4 rings (SSSR count). The van der Waals surface area contributed by atoms with Crippen LogP contribution in [0.5, 0.6) is 5.75 Å². The molecule has 2 amide bonds. The molecule has 2 fully saturated rings. The van der Waals surface area contributed by atoms with Gasteiger partial charge < -0.3 is 20.3 Å². The van der Waals surface area contributed by atoms with Crippen LogP contribution in [0.15, 0.2) is 34.3 Å². The van der Waals surface area contributed by atoms with Gasteiger partial charge in [-0.2, -0.15) is 0 Å². The smallest absolute Gasteiger partial charge is 0.264 e. The first-order valence-corrected chi connectivity index (χ1v) is 11.4. The zero-order valence-electron chi connectivity index (χ0n) is 18.6. The second kappa shape index (κ2) is 9.30. The molecule has 1 aliphatic carbocycles. The SMILES string of the molecule is COc1c(C(=O)NCCN(C)C)cnc2ccc(/C=C3\SC(=N[C@@H]4C[C@H]4C)NC3=O)cc12. The Hall–Kier alpha value is -2.91. The normalized spacial score (nSPS) is 22.6. The number of likely N-dealkylation sites (N-methyl/N-ethyl adjacent to an activating group) is 1. The monoisotopic (exact) mass is 453 g/mol. The number of amidine groups is 1. The van der Waals surface area contributed by atoms with Crippen molar-refractivity contribution in [1.82, 2.24) is 20.5 Å². The van der Waals surface area contributed by atoms with Gasteiger partial charge in [-0.15, -0.1) is 0 Å². The summed E-state index contributed by atoms with van der Waals surface area (Å²) in [5, 5.41) is 7.11. The van der Waals surface area contributed by atoms with Crippen molar-refractivity contribution in [3.63, 3.8) is 0 Å². The van der Waals surface area contributed by atoms with Crippen molar-refractivity contribution in [2.24, 2.45) is 10.9 Å². The highest BCUT2D eigenvalue weighted by Gasteiger charge is 2.34. The summed E-state index contributed by atoms with van der Waals surface area (Å²) in [4.78, 5) is 36.6. The van der Waals surface area contributed by atoms with E-state index in [9.17, 15) is 9.59 Å². The minimum Gasteiger partial charge on any atom is -0.495 e. The number of aliphatic imine (C=N–C) groups is 1. The van der Waals surface area contributed by atoms with Gasteiger partial charge in [-0.1, -0.05) is 13.0 Å². The number of nitrogens with zero attached hydrogens (tertiary/aromatic N) is 3. The van der Waals surface area contributed by atoms with Gasteiger partial charge in [0, 0.05) is 24.7 Å². The van der Waals surface area contributed by atoms with E-state index in [1.54, 1.807) is 7.11 Å². The Labute approximate surface area is 191 Å². The van der Waals surface area contributed by atoms with Crippen LogP contribution < -0.4 is 15.4 Å². The Morgan fingerprint density at radius 1 is 1.44 bits per heavy atom. The minimum absolute atomic E-state index is 0.152. The second-order valence-electron chi connectivity index (χ2n) is 8.32. The molecule has 0 spiro atoms. The maximum atomic E-state index is 12.7. The van der Waals surface area contributed by atoms with Gasteiger partial charge in [0.1, 0.15) is 11.3 Å². The average Bonchev–Trinajstić information content (AvgIpc) is 3.34. The number of carbonyl (C=O) groups excluding carboxylic acids is 2. The number of methoxy groups -OCH3 is 1. The van der Waals surface area contributed by atoms with Gasteiger partial charge in [-0.3, -0.25) is 19.6 Å². The molecule has 2 heterocycles. The predicted molar refractivity (Wildman–Crippen MR) is 128 cm³/mol. The number of pyridine rings is 1. The number of hydrogen-bond acceptors (Lipinski definition) is 7. The van der Waals surface area contributed by atoms with Gasteiger partial charge >= 0.3 is 0 Å². The van der Waals surface area contributed by atoms with E-state index in [1.807, 2.05) is 43.3 Å². The largest absolute Gasteiger partial charge is 0.495 e. The molecule has 32 heavy (non-hydrogen) atoms. The topological polar surface area (TPSA) is 95.9 Å². The van der Waals surface area contributed by atoms with Crippen LogP contribution in [0.4, 0.5) is 0 Å². The van der Waals surface area contributed by atoms with Crippen molar-refractivity contribution < 1.29 is 14.3 Å². The third-order valence-electron chi connectivity index (χ3n) is 5.43. The molecule has 0 unspecified atom stereocenters. The number of nitrogens with one attached hydrogen (secondary N) is 2. The molecule has 2 N–H and O–H groups in total. The van der Waals surface area contributed by atoms with Crippen molar-refractivity contribution in [3.8, 4) is 5.75 Å². The Bertz CT molecular complexity index is 1130. The molecule has 1 aromatic carbocycles. The highest BCUT2D eigenvalue weighted by atomic mass is 32.2. The number of aromatic nitrogens is 1. The van der Waals surface area contributed by atoms with Crippen molar-refractivity contribution in [2.75, 3.05) is 34.3 Å². The van der Waals surface area contributed by atoms with E-state index < -0.39 is 0 Å². The molecule has 168 valence electrons. The van der Waals surface area contributed by atoms with Crippen LogP contribution in [0.3, 0.4) is 0 Å². The summed E-state index contributed by atoms with van der Waals surface area (Å²) in [6.07, 6.45) is 4.43. The van der Waals surface area contributed by atoms with Crippen LogP contribution in [0.25, 0.3) is 17.0 Å². The van der Waals surface area contributed by atoms with Gasteiger partial charge in [-0.25, -0.2) is 0 Å². The maximum absolute atomic E-state index is 12.7. The maximum Gasteiger partial charge on any atom is 0.264 e. The van der Waals surface area contributed by atoms with Crippen LogP contribution in [-0.2, 0) is 4.79 Å². The van der Waals surface area contributed by atoms with E-state index in [0.717, 1.165) is 18.5 Å². The lowest BCUT2D eigenvalue weighted by molar-refractivity contribution is -0.115. The van der Waals surface area contributed by atoms with Crippen LogP contribution >= 0.6 is 11.8 Å². The van der Waals surface area contributed by atoms with Gasteiger partial charge in [-0.05, 0) is 62.0 Å². The number of hydrogen-bond donors (Lipinski definition) is 2. The van der Waals surface area contributed by atoms with E-state index in [0.29, 0.717) is 50.8 Å². The molecule has 2 aliphatic rings. The Morgan fingerprint density at radius 2 is 2.22 bits per heavy atom. The highest BCUT2D eigenvalue weighted by Crippen LogP contribution is 2.36. The zero-order chi connectivity index (χ0) is 22.8. The van der Waals surface area contributed by atoms with Crippen molar-refractivity contribution in [1.29, 1.82) is 0 Å². The molecule has 1 saturated carbocycles. The molecule has 0 radical (unpaired) electrons. The first kappa shape index (κ1) is 22.3. The number of thioether (sulfide) groups is 1. The van der Waals surface area contributed by atoms with Crippen LogP contribution in [0.1, 0.15) is 29.3 Å². The lowest BCUT2D eigenvalue weighted by Gasteiger charge is -2.13. The van der Waals surface area contributed by atoms with E-state index in [1.165, 1.54) is 18.0 Å². The minimum atomic E-state index is -0.234. The Morgan fingerprint density at radius 3 is 2.91 bits per heavy atom. The van der Waals surface area contributed by atoms with E-state index in [2.05, 4.69) is 27.5 Å². The van der Waals surface area contributed by atoms with Gasteiger partial charge in [0.2, 0.25) is 0 Å². The lowest BCUT2D eigenvalue weighted by Crippen LogP contribution is -2.31. The number of benzene rings is 1. The van der Waals surface area contributed by atoms with Crippen LogP contribution in [0.2, 0.25) is 0 Å². The summed E-state index contributed by atoms with van der Waals surface area (Å²) < 4.78 is 5.60. The Balaban J connectivity index is 1.60. The summed E-state index contributed by atoms with van der Waals surface area (Å²) >= 11 is 1.35. The molecular weight excluding hydrogens is 426 g/mol. The quantitative estimate of drug-likeness (QED) is 0.626. The van der Waals surface area contributed by atoms with E-state index >= 15 is 0 Å². The Kier molecular flexibility index (Phi) is 6.48. The summed E-state index contributed by atoms with van der Waals surface area (Å²) in [6.45, 7) is 3.41. The average molecular weight is 454 g/mol. The lowest BCUT2D eigenvalue weighted by atomic mass is 10.1. The third kappa shape index (κ3) is 4.94. The van der Waals surface area contributed by atoms with Crippen molar-refractivity contribution in [2.45, 2.75) is 19.4 Å². The summed E-state index contributed by atoms with van der Waals surface area (Å²) in [5.41, 5.74) is 1.91. The molecule has 1 saturated heterocycles. The first-order valence-electron chi connectivity index (χ1n) is 10.5. The standard InChI is InChI=1S/C23H27N5O3S/c1-13-9-18(13)26-23-27-22(30)19(32-23)11-14-5-6-17-15(10-14)20(31-4)16(12-25-17)21(29)24-7-8-28(2)3/h5-6,10-13,18H,7-9H2,1-4H3,(H,24,29)(H,26,27,30)/b19-11-/t13-,18-/m1/s1. The van der Waals surface area contributed by atoms with E-state index in [-0.39, 0.29) is 11.8 Å². The third-order valence-corrected chi connectivity index (χ3v) is 6.36. The van der Waals surface area contributed by atoms with Gasteiger partial charge in [0.25, 0.3) is 11.8 Å². The van der Waals surface area contributed by atoms with Crippen LogP contribution in [0, 0.1) is 5.92 Å². The molecule has 9 heteroatoms. The number of rotatable bonds is 7. The predicted octanol–water partition coefficient (Wildman–Crippen LogP) is 2.50. The number of amides is 2. The first-order chi connectivity index (χ1) is 15.4. The van der Waals surface area contributed by atoms with E-state index in [4.69, 9.17) is 4.74 Å². The molecule has 1 aromatic heterocycles. The molecule has 2 aromatic rings. The summed E-state index contributed by atoms with van der Waals surface area (Å²) in [7, 11) is 5.44. The highest BCUT2D eigenvalue weighted by molar-refractivity contribution is 8.18. The van der Waals surface area contributed by atoms with Crippen LogP contribution in [-0.4, -0.2) is 67.2 Å². The van der Waals surface area contributed by atoms with Crippen molar-refractivity contribution >= 4 is 45.7 Å². The summed E-state index contributed by atoms with van der Waals surface area (Å²) in [6, 6.07) is 5.95. The fourth-order valence-corrected chi connectivity index (χ4v) is 4.30. The number of fused-ring (bicyclic) bond motifs is 1. The number of ether oxygens (including phenoxy) is 1. The zero-order valence-corrected chi connectivity index (χ0v) is 19.5. The molecule has 8 nitrogen and oxygen atoms in total. The molecular formula is C23H27N5O3S. The molecule has 2 atom stereocenters. The fraction of sp³-hybridized carbons (Fsp3) is 0.391. The summed E-state index contributed by atoms with van der Waals surface area (Å²) in [5.74, 6) is 0.665. The van der Waals surface area contributed by atoms with Crippen molar-refractivity contribution in [3.05, 3.63) is 40.4 Å². The van der Waals surface area contributed by atoms with Gasteiger partial charge in [0.05, 0.1) is 23.6 Å². The molecule has 1 aliphatic heterocycles. The molecule has 0 bridgehead atoms. The second-order valence-corrected chi connectivity index (χ2v) is 9.35. The van der Waals surface area contributed by atoms with Gasteiger partial charge in [0.15, 0.2) is 5.17 Å². The number of carbonyl (C=O) groups is 2. The fourth-order valence-electron chi connectivity index (χ4n) is 3.42.